The molecule has 0 N–H and O–H groups in total. The predicted octanol–water partition coefficient (Wildman–Crippen LogP) is 15.8. The van der Waals surface area contributed by atoms with Crippen LogP contribution in [-0.2, 0) is 0 Å². The maximum atomic E-state index is 6.96. The molecule has 0 aliphatic heterocycles. The molecule has 12 rings (SSSR count). The Morgan fingerprint density at radius 2 is 0.921 bits per heavy atom. The summed E-state index contributed by atoms with van der Waals surface area (Å²) in [6.45, 7) is 0. The summed E-state index contributed by atoms with van der Waals surface area (Å²) in [6, 6.07) is 68.6. The van der Waals surface area contributed by atoms with Crippen molar-refractivity contribution in [2.45, 2.75) is 12.8 Å². The molecule has 2 aromatic heterocycles. The van der Waals surface area contributed by atoms with Gasteiger partial charge in [0, 0.05) is 33.0 Å². The van der Waals surface area contributed by atoms with E-state index in [1.54, 1.807) is 0 Å². The summed E-state index contributed by atoms with van der Waals surface area (Å²) < 4.78 is 6.96. The van der Waals surface area contributed by atoms with Crippen LogP contribution in [0.5, 0.6) is 0 Å². The van der Waals surface area contributed by atoms with Gasteiger partial charge in [-0.25, -0.2) is 15.0 Å². The predicted molar refractivity (Wildman–Crippen MR) is 261 cm³/mol. The monoisotopic (exact) mass is 805 g/mol. The third-order valence-corrected chi connectivity index (χ3v) is 12.5. The van der Waals surface area contributed by atoms with Crippen LogP contribution in [0.15, 0.2) is 217 Å². The molecule has 0 saturated carbocycles. The number of nitrogens with zero attached hydrogens (tertiary/aromatic N) is 3. The number of benzene rings is 9. The zero-order valence-corrected chi connectivity index (χ0v) is 34.4. The third-order valence-electron chi connectivity index (χ3n) is 12.5. The fourth-order valence-electron chi connectivity index (χ4n) is 9.25. The summed E-state index contributed by atoms with van der Waals surface area (Å²) in [6.07, 6.45) is 8.67. The highest BCUT2D eigenvalue weighted by molar-refractivity contribution is 6.23. The average Bonchev–Trinajstić information content (AvgIpc) is 3.76. The van der Waals surface area contributed by atoms with Crippen molar-refractivity contribution < 1.29 is 4.42 Å². The van der Waals surface area contributed by atoms with Crippen LogP contribution in [0.1, 0.15) is 18.4 Å². The van der Waals surface area contributed by atoms with Gasteiger partial charge in [-0.1, -0.05) is 206 Å². The molecule has 11 aromatic rings. The van der Waals surface area contributed by atoms with Crippen LogP contribution in [0.25, 0.3) is 117 Å². The lowest BCUT2D eigenvalue weighted by molar-refractivity contribution is 0.670. The molecule has 0 bridgehead atoms. The molecular formula is C59H39N3O. The summed E-state index contributed by atoms with van der Waals surface area (Å²) in [4.78, 5) is 15.6. The Balaban J connectivity index is 0.997. The number of allylic oxidation sites excluding steroid dienone is 4. The fourth-order valence-corrected chi connectivity index (χ4v) is 9.25. The average molecular weight is 806 g/mol. The zero-order valence-electron chi connectivity index (χ0n) is 34.4. The number of aromatic nitrogens is 3. The Hall–Kier alpha value is -8.21. The van der Waals surface area contributed by atoms with E-state index in [2.05, 4.69) is 206 Å². The first-order valence-corrected chi connectivity index (χ1v) is 21.6. The normalized spacial score (nSPS) is 12.7. The Morgan fingerprint density at radius 3 is 1.65 bits per heavy atom. The van der Waals surface area contributed by atoms with Gasteiger partial charge >= 0.3 is 0 Å². The number of rotatable bonds is 7. The summed E-state index contributed by atoms with van der Waals surface area (Å²) in [7, 11) is 0. The molecule has 0 unspecified atom stereocenters. The van der Waals surface area contributed by atoms with Crippen LogP contribution in [-0.4, -0.2) is 15.0 Å². The number of hydrogen-bond donors (Lipinski definition) is 0. The summed E-state index contributed by atoms with van der Waals surface area (Å²) in [5.74, 6) is 1.82. The van der Waals surface area contributed by atoms with Gasteiger partial charge in [0.05, 0.1) is 0 Å². The maximum absolute atomic E-state index is 6.96. The Morgan fingerprint density at radius 1 is 0.381 bits per heavy atom. The molecule has 9 aromatic carbocycles. The second kappa shape index (κ2) is 15.4. The quantitative estimate of drug-likeness (QED) is 0.161. The molecule has 0 amide bonds. The first-order chi connectivity index (χ1) is 31.2. The Labute approximate surface area is 365 Å². The van der Waals surface area contributed by atoms with Gasteiger partial charge in [-0.2, -0.15) is 0 Å². The van der Waals surface area contributed by atoms with Crippen LogP contribution < -0.4 is 0 Å². The molecule has 2 heterocycles. The van der Waals surface area contributed by atoms with E-state index in [-0.39, 0.29) is 0 Å². The first-order valence-electron chi connectivity index (χ1n) is 21.6. The van der Waals surface area contributed by atoms with Crippen molar-refractivity contribution in [1.29, 1.82) is 0 Å². The number of fused-ring (bicyclic) bond motifs is 6. The molecule has 4 nitrogen and oxygen atoms in total. The highest BCUT2D eigenvalue weighted by atomic mass is 16.3. The van der Waals surface area contributed by atoms with E-state index < -0.39 is 0 Å². The van der Waals surface area contributed by atoms with Gasteiger partial charge in [0.1, 0.15) is 11.2 Å². The Bertz CT molecular complexity index is 3580. The van der Waals surface area contributed by atoms with E-state index in [1.165, 1.54) is 33.0 Å². The van der Waals surface area contributed by atoms with Crippen molar-refractivity contribution in [3.05, 3.63) is 218 Å². The summed E-state index contributed by atoms with van der Waals surface area (Å²) >= 11 is 0. The molecule has 296 valence electrons. The van der Waals surface area contributed by atoms with Crippen LogP contribution in [0, 0.1) is 0 Å². The van der Waals surface area contributed by atoms with E-state index >= 15 is 0 Å². The van der Waals surface area contributed by atoms with Crippen molar-refractivity contribution in [2.24, 2.45) is 0 Å². The third kappa shape index (κ3) is 6.61. The molecule has 4 heteroatoms. The van der Waals surface area contributed by atoms with Gasteiger partial charge in [-0.15, -0.1) is 0 Å². The van der Waals surface area contributed by atoms with Crippen LogP contribution in [0.3, 0.4) is 0 Å². The Kier molecular flexibility index (Phi) is 8.93. The number of furan rings is 1. The molecule has 0 atom stereocenters. The largest absolute Gasteiger partial charge is 0.455 e. The molecule has 0 spiro atoms. The lowest BCUT2D eigenvalue weighted by Gasteiger charge is -2.12. The molecule has 1 aliphatic rings. The van der Waals surface area contributed by atoms with E-state index in [1.807, 2.05) is 6.07 Å². The molecule has 0 radical (unpaired) electrons. The summed E-state index contributed by atoms with van der Waals surface area (Å²) in [5, 5.41) is 6.76. The van der Waals surface area contributed by atoms with Crippen LogP contribution in [0.4, 0.5) is 0 Å². The lowest BCUT2D eigenvalue weighted by Crippen LogP contribution is -2.01. The van der Waals surface area contributed by atoms with Gasteiger partial charge in [-0.05, 0) is 79.4 Å². The molecular weight excluding hydrogens is 767 g/mol. The highest BCUT2D eigenvalue weighted by Crippen LogP contribution is 2.43. The molecule has 63 heavy (non-hydrogen) atoms. The minimum atomic E-state index is 0.592. The minimum Gasteiger partial charge on any atom is -0.455 e. The second-order valence-corrected chi connectivity index (χ2v) is 16.2. The zero-order chi connectivity index (χ0) is 41.7. The lowest BCUT2D eigenvalue weighted by atomic mass is 9.95. The van der Waals surface area contributed by atoms with Crippen molar-refractivity contribution in [3.63, 3.8) is 0 Å². The van der Waals surface area contributed by atoms with Crippen molar-refractivity contribution in [3.8, 4) is 67.5 Å². The van der Waals surface area contributed by atoms with E-state index in [9.17, 15) is 0 Å². The highest BCUT2D eigenvalue weighted by Gasteiger charge is 2.21. The molecule has 1 aliphatic carbocycles. The maximum Gasteiger partial charge on any atom is 0.164 e. The molecule has 0 fully saturated rings. The minimum absolute atomic E-state index is 0.592. The van der Waals surface area contributed by atoms with Crippen molar-refractivity contribution in [2.75, 3.05) is 0 Å². The van der Waals surface area contributed by atoms with Crippen molar-refractivity contribution >= 4 is 49.1 Å². The first kappa shape index (κ1) is 36.6. The van der Waals surface area contributed by atoms with Crippen molar-refractivity contribution in [1.82, 2.24) is 15.0 Å². The van der Waals surface area contributed by atoms with Crippen LogP contribution in [0.2, 0.25) is 0 Å². The number of para-hydroxylation sites is 1. The van der Waals surface area contributed by atoms with Gasteiger partial charge in [0.2, 0.25) is 0 Å². The van der Waals surface area contributed by atoms with Gasteiger partial charge in [0.15, 0.2) is 17.5 Å². The van der Waals surface area contributed by atoms with Gasteiger partial charge < -0.3 is 4.42 Å². The standard InChI is InChI=1S/C59H39N3O/c1-3-13-38(14-4-1)40-25-33-45(34-26-40)57-60-58(46-35-27-41(28-36-46)39-15-5-2-6-16-39)62-59(61-57)53-37-54-55(51-21-10-9-20-50(51)53)52-24-12-23-49(56(52)63-54)44-31-29-43(30-32-44)48-22-11-18-42-17-7-8-19-47(42)48/h1-5,7-15,17-37H,6,16H2. The topological polar surface area (TPSA) is 51.8 Å². The molecule has 0 saturated heterocycles. The van der Waals surface area contributed by atoms with E-state index in [0.29, 0.717) is 17.5 Å². The van der Waals surface area contributed by atoms with Gasteiger partial charge in [0.25, 0.3) is 0 Å². The van der Waals surface area contributed by atoms with Crippen LogP contribution >= 0.6 is 0 Å². The van der Waals surface area contributed by atoms with E-state index in [4.69, 9.17) is 19.4 Å². The smallest absolute Gasteiger partial charge is 0.164 e. The summed E-state index contributed by atoms with van der Waals surface area (Å²) in [5.41, 5.74) is 13.8. The second-order valence-electron chi connectivity index (χ2n) is 16.2. The number of hydrogen-bond acceptors (Lipinski definition) is 4. The van der Waals surface area contributed by atoms with E-state index in [0.717, 1.165) is 84.5 Å². The fraction of sp³-hybridized carbons (Fsp3) is 0.0339. The van der Waals surface area contributed by atoms with Gasteiger partial charge in [-0.3, -0.25) is 0 Å². The SMILES string of the molecule is C1=CCCC(c2ccc(-c3nc(-c4ccc(-c5ccccc5)cc4)nc(-c4cc5oc6c(-c7ccc(-c8cccc9ccccc89)cc7)cccc6c5c5ccccc45)n3)cc2)=C1.